The van der Waals surface area contributed by atoms with Gasteiger partial charge < -0.3 is 0 Å². The Balaban J connectivity index is 1.62. The van der Waals surface area contributed by atoms with Crippen LogP contribution in [0.3, 0.4) is 0 Å². The molecule has 0 atom stereocenters. The number of carbonyl (C=O) groups is 1. The summed E-state index contributed by atoms with van der Waals surface area (Å²) >= 11 is 0.200. The summed E-state index contributed by atoms with van der Waals surface area (Å²) in [5, 5.41) is 8.78. The number of fused-ring (bicyclic) bond motifs is 1. The standard InChI is InChI=1S/C28H26O2Se/c1-19-4-9-21(10-5-19)24-16-17-28(2,3)26-18-23(13-14-25(24)26)31-22-11-6-20(7-12-22)8-15-27(29)30/h4-16,18H,17H2,1-3H3,(H,29,30). The third-order valence-corrected chi connectivity index (χ3v) is 7.82. The van der Waals surface area contributed by atoms with Gasteiger partial charge in [-0.1, -0.05) is 0 Å². The average Bonchev–Trinajstić information content (AvgIpc) is 2.74. The van der Waals surface area contributed by atoms with Gasteiger partial charge in [0.15, 0.2) is 0 Å². The molecule has 0 saturated heterocycles. The molecule has 156 valence electrons. The van der Waals surface area contributed by atoms with Crippen LogP contribution in [0.2, 0.25) is 0 Å². The van der Waals surface area contributed by atoms with Crippen molar-refractivity contribution < 1.29 is 9.90 Å². The van der Waals surface area contributed by atoms with Crippen LogP contribution >= 0.6 is 0 Å². The quantitative estimate of drug-likeness (QED) is 0.425. The van der Waals surface area contributed by atoms with E-state index in [2.05, 4.69) is 81.4 Å². The van der Waals surface area contributed by atoms with Crippen LogP contribution in [0.1, 0.15) is 48.1 Å². The van der Waals surface area contributed by atoms with Gasteiger partial charge in [0.05, 0.1) is 0 Å². The van der Waals surface area contributed by atoms with Crippen LogP contribution in [0.5, 0.6) is 0 Å². The van der Waals surface area contributed by atoms with Gasteiger partial charge in [0, 0.05) is 0 Å². The molecule has 3 aromatic rings. The number of hydrogen-bond donors (Lipinski definition) is 1. The fourth-order valence-corrected chi connectivity index (χ4v) is 5.71. The fraction of sp³-hybridized carbons (Fsp3) is 0.179. The molecule has 0 spiro atoms. The maximum absolute atomic E-state index is 10.7. The van der Waals surface area contributed by atoms with E-state index in [9.17, 15) is 4.79 Å². The van der Waals surface area contributed by atoms with E-state index in [-0.39, 0.29) is 20.4 Å². The van der Waals surface area contributed by atoms with Crippen molar-refractivity contribution >= 4 is 41.5 Å². The van der Waals surface area contributed by atoms with Crippen LogP contribution in [0, 0.1) is 6.92 Å². The number of carboxylic acids is 1. The SMILES string of the molecule is Cc1ccc(C2=CCC(C)(C)c3cc([Se]c4ccc(C=CC(=O)O)cc4)ccc32)cc1. The van der Waals surface area contributed by atoms with Crippen LogP contribution in [0.15, 0.2) is 78.9 Å². The number of aliphatic carboxylic acids is 1. The van der Waals surface area contributed by atoms with Crippen LogP contribution in [-0.4, -0.2) is 26.0 Å². The first-order valence-electron chi connectivity index (χ1n) is 10.4. The van der Waals surface area contributed by atoms with Crippen molar-refractivity contribution in [2.24, 2.45) is 0 Å². The van der Waals surface area contributed by atoms with Gasteiger partial charge in [-0.05, 0) is 0 Å². The molecule has 0 fully saturated rings. The number of rotatable bonds is 5. The molecule has 4 rings (SSSR count). The van der Waals surface area contributed by atoms with E-state index >= 15 is 0 Å². The summed E-state index contributed by atoms with van der Waals surface area (Å²) in [4.78, 5) is 10.7. The minimum atomic E-state index is -0.927. The van der Waals surface area contributed by atoms with E-state index in [0.717, 1.165) is 12.0 Å². The van der Waals surface area contributed by atoms with Gasteiger partial charge in [-0.25, -0.2) is 0 Å². The predicted octanol–water partition coefficient (Wildman–Crippen LogP) is 4.86. The molecule has 0 bridgehead atoms. The summed E-state index contributed by atoms with van der Waals surface area (Å²) in [5.74, 6) is -0.927. The van der Waals surface area contributed by atoms with E-state index in [1.165, 1.54) is 42.8 Å². The zero-order chi connectivity index (χ0) is 22.0. The van der Waals surface area contributed by atoms with E-state index < -0.39 is 5.97 Å². The topological polar surface area (TPSA) is 37.3 Å². The van der Waals surface area contributed by atoms with E-state index in [1.54, 1.807) is 6.08 Å². The fourth-order valence-electron chi connectivity index (χ4n) is 3.92. The summed E-state index contributed by atoms with van der Waals surface area (Å²) in [7, 11) is 0. The number of allylic oxidation sites excluding steroid dienone is 1. The molecule has 0 aromatic heterocycles. The molecule has 0 radical (unpaired) electrons. The van der Waals surface area contributed by atoms with Crippen molar-refractivity contribution in [3.63, 3.8) is 0 Å². The van der Waals surface area contributed by atoms with Crippen LogP contribution in [-0.2, 0) is 10.2 Å². The summed E-state index contributed by atoms with van der Waals surface area (Å²) < 4.78 is 2.64. The predicted molar refractivity (Wildman–Crippen MR) is 130 cm³/mol. The maximum atomic E-state index is 10.7. The Morgan fingerprint density at radius 3 is 2.32 bits per heavy atom. The second kappa shape index (κ2) is 8.70. The number of aryl methyl sites for hydroxylation is 1. The van der Waals surface area contributed by atoms with Gasteiger partial charge in [0.25, 0.3) is 0 Å². The van der Waals surface area contributed by atoms with Gasteiger partial charge in [0.1, 0.15) is 0 Å². The molecule has 1 aliphatic carbocycles. The summed E-state index contributed by atoms with van der Waals surface area (Å²) in [6.07, 6.45) is 6.22. The van der Waals surface area contributed by atoms with E-state index in [4.69, 9.17) is 5.11 Å². The van der Waals surface area contributed by atoms with Crippen molar-refractivity contribution in [2.45, 2.75) is 32.6 Å². The van der Waals surface area contributed by atoms with Crippen molar-refractivity contribution in [1.29, 1.82) is 0 Å². The zero-order valence-corrected chi connectivity index (χ0v) is 19.8. The molecular formula is C28H26O2Se. The number of benzene rings is 3. The normalized spacial score (nSPS) is 14.9. The Morgan fingerprint density at radius 1 is 0.968 bits per heavy atom. The molecule has 0 amide bonds. The summed E-state index contributed by atoms with van der Waals surface area (Å²) in [5.41, 5.74) is 7.68. The first kappa shape index (κ1) is 21.4. The molecule has 31 heavy (non-hydrogen) atoms. The first-order valence-corrected chi connectivity index (χ1v) is 12.1. The van der Waals surface area contributed by atoms with Crippen molar-refractivity contribution in [3.8, 4) is 0 Å². The van der Waals surface area contributed by atoms with Crippen LogP contribution < -0.4 is 8.92 Å². The zero-order valence-electron chi connectivity index (χ0n) is 18.1. The van der Waals surface area contributed by atoms with Gasteiger partial charge >= 0.3 is 191 Å². The summed E-state index contributed by atoms with van der Waals surface area (Å²) in [6, 6.07) is 23.9. The Bertz CT molecular complexity index is 1170. The summed E-state index contributed by atoms with van der Waals surface area (Å²) in [6.45, 7) is 6.78. The molecular weight excluding hydrogens is 447 g/mol. The molecule has 0 aliphatic heterocycles. The molecule has 0 saturated carbocycles. The third-order valence-electron chi connectivity index (χ3n) is 5.72. The molecule has 1 N–H and O–H groups in total. The number of carboxylic acid groups (broad SMARTS) is 1. The van der Waals surface area contributed by atoms with Crippen LogP contribution in [0.4, 0.5) is 0 Å². The molecule has 0 unspecified atom stereocenters. The van der Waals surface area contributed by atoms with Gasteiger partial charge in [-0.3, -0.25) is 0 Å². The second-order valence-corrected chi connectivity index (χ2v) is 11.0. The van der Waals surface area contributed by atoms with Gasteiger partial charge in [0.2, 0.25) is 0 Å². The molecule has 3 heteroatoms. The van der Waals surface area contributed by atoms with Crippen molar-refractivity contribution in [3.05, 3.63) is 107 Å². The van der Waals surface area contributed by atoms with Crippen molar-refractivity contribution in [1.82, 2.24) is 0 Å². The molecule has 3 aromatic carbocycles. The Morgan fingerprint density at radius 2 is 1.65 bits per heavy atom. The Hall–Kier alpha value is -2.87. The van der Waals surface area contributed by atoms with Gasteiger partial charge in [-0.2, -0.15) is 0 Å². The third kappa shape index (κ3) is 4.90. The average molecular weight is 473 g/mol. The Labute approximate surface area is 190 Å². The molecule has 1 aliphatic rings. The van der Waals surface area contributed by atoms with E-state index in [1.807, 2.05) is 12.1 Å². The Kier molecular flexibility index (Phi) is 6.00. The molecule has 2 nitrogen and oxygen atoms in total. The number of hydrogen-bond acceptors (Lipinski definition) is 1. The van der Waals surface area contributed by atoms with E-state index in [0.29, 0.717) is 0 Å². The second-order valence-electron chi connectivity index (χ2n) is 8.62. The monoisotopic (exact) mass is 474 g/mol. The molecule has 0 heterocycles. The first-order chi connectivity index (χ1) is 14.8. The van der Waals surface area contributed by atoms with Crippen LogP contribution in [0.25, 0.3) is 11.6 Å². The van der Waals surface area contributed by atoms with Crippen molar-refractivity contribution in [2.75, 3.05) is 0 Å². The van der Waals surface area contributed by atoms with Gasteiger partial charge in [-0.15, -0.1) is 0 Å². The minimum absolute atomic E-state index is 0.112.